The molecule has 0 aliphatic heterocycles. The average Bonchev–Trinajstić information content (AvgIpc) is 2.86. The molecule has 0 atom stereocenters. The maximum absolute atomic E-state index is 11.1. The van der Waals surface area contributed by atoms with E-state index in [-0.39, 0.29) is 5.97 Å². The van der Waals surface area contributed by atoms with Gasteiger partial charge in [0.05, 0.1) is 18.2 Å². The first-order chi connectivity index (χ1) is 6.81. The minimum absolute atomic E-state index is 0.333. The van der Waals surface area contributed by atoms with Crippen molar-refractivity contribution in [2.45, 2.75) is 0 Å². The number of esters is 1. The SMILES string of the molecule is COC(=O)c1ccc(-c2cnco2)s1. The van der Waals surface area contributed by atoms with E-state index in [0.29, 0.717) is 10.6 Å². The summed E-state index contributed by atoms with van der Waals surface area (Å²) in [4.78, 5) is 16.4. The van der Waals surface area contributed by atoms with Gasteiger partial charge in [-0.1, -0.05) is 0 Å². The molecule has 0 radical (unpaired) electrons. The van der Waals surface area contributed by atoms with Gasteiger partial charge in [0.15, 0.2) is 12.2 Å². The zero-order valence-electron chi connectivity index (χ0n) is 7.39. The first-order valence-corrected chi connectivity index (χ1v) is 4.70. The van der Waals surface area contributed by atoms with Gasteiger partial charge >= 0.3 is 5.97 Å². The van der Waals surface area contributed by atoms with Gasteiger partial charge in [-0.25, -0.2) is 9.78 Å². The molecular formula is C9H7NO3S. The third-order valence-corrected chi connectivity index (χ3v) is 2.75. The van der Waals surface area contributed by atoms with E-state index in [1.807, 2.05) is 0 Å². The molecule has 2 aromatic rings. The summed E-state index contributed by atoms with van der Waals surface area (Å²) in [5.41, 5.74) is 0. The number of thiophene rings is 1. The predicted molar refractivity (Wildman–Crippen MR) is 51.2 cm³/mol. The lowest BCUT2D eigenvalue weighted by Crippen LogP contribution is -1.96. The Balaban J connectivity index is 2.31. The second-order valence-electron chi connectivity index (χ2n) is 2.52. The predicted octanol–water partition coefficient (Wildman–Crippen LogP) is 2.19. The maximum Gasteiger partial charge on any atom is 0.348 e. The number of hydrogen-bond donors (Lipinski definition) is 0. The molecule has 0 spiro atoms. The van der Waals surface area contributed by atoms with Crippen LogP contribution in [0.4, 0.5) is 0 Å². The smallest absolute Gasteiger partial charge is 0.348 e. The number of methoxy groups -OCH3 is 1. The standard InChI is InChI=1S/C9H7NO3S/c1-12-9(11)8-3-2-7(14-8)6-4-10-5-13-6/h2-5H,1H3. The van der Waals surface area contributed by atoms with E-state index in [4.69, 9.17) is 4.42 Å². The van der Waals surface area contributed by atoms with Gasteiger partial charge in [0.2, 0.25) is 0 Å². The first-order valence-electron chi connectivity index (χ1n) is 3.88. The van der Waals surface area contributed by atoms with Gasteiger partial charge in [-0.2, -0.15) is 0 Å². The van der Waals surface area contributed by atoms with Crippen molar-refractivity contribution < 1.29 is 13.9 Å². The topological polar surface area (TPSA) is 52.3 Å². The van der Waals surface area contributed by atoms with E-state index in [1.165, 1.54) is 24.8 Å². The molecule has 0 fully saturated rings. The molecule has 0 aromatic carbocycles. The zero-order valence-corrected chi connectivity index (χ0v) is 8.21. The van der Waals surface area contributed by atoms with Crippen molar-refractivity contribution in [3.8, 4) is 10.6 Å². The van der Waals surface area contributed by atoms with Gasteiger partial charge in [0.25, 0.3) is 0 Å². The Hall–Kier alpha value is -1.62. The van der Waals surface area contributed by atoms with E-state index in [9.17, 15) is 4.79 Å². The van der Waals surface area contributed by atoms with Crippen molar-refractivity contribution in [1.82, 2.24) is 4.98 Å². The van der Waals surface area contributed by atoms with Crippen LogP contribution in [0.15, 0.2) is 29.1 Å². The van der Waals surface area contributed by atoms with Crippen LogP contribution in [0, 0.1) is 0 Å². The van der Waals surface area contributed by atoms with Gasteiger partial charge in [-0.05, 0) is 12.1 Å². The summed E-state index contributed by atoms with van der Waals surface area (Å²) in [7, 11) is 1.36. The first kappa shape index (κ1) is 8.96. The highest BCUT2D eigenvalue weighted by Crippen LogP contribution is 2.27. The molecular weight excluding hydrogens is 202 g/mol. The van der Waals surface area contributed by atoms with Gasteiger partial charge in [-0.3, -0.25) is 0 Å². The Bertz CT molecular complexity index is 433. The highest BCUT2D eigenvalue weighted by Gasteiger charge is 2.11. The Morgan fingerprint density at radius 3 is 3.07 bits per heavy atom. The van der Waals surface area contributed by atoms with Gasteiger partial charge < -0.3 is 9.15 Å². The Labute approximate surface area is 84.1 Å². The number of ether oxygens (including phenoxy) is 1. The van der Waals surface area contributed by atoms with Crippen LogP contribution in [-0.2, 0) is 4.74 Å². The fourth-order valence-electron chi connectivity index (χ4n) is 1.02. The zero-order chi connectivity index (χ0) is 9.97. The summed E-state index contributed by atoms with van der Waals surface area (Å²) < 4.78 is 9.69. The van der Waals surface area contributed by atoms with Crippen LogP contribution in [-0.4, -0.2) is 18.1 Å². The van der Waals surface area contributed by atoms with Crippen LogP contribution in [0.2, 0.25) is 0 Å². The van der Waals surface area contributed by atoms with Crippen molar-refractivity contribution in [3.63, 3.8) is 0 Å². The lowest BCUT2D eigenvalue weighted by atomic mass is 10.4. The number of carbonyl (C=O) groups excluding carboxylic acids is 1. The molecule has 0 unspecified atom stereocenters. The number of carbonyl (C=O) groups is 1. The molecule has 72 valence electrons. The van der Waals surface area contributed by atoms with Crippen LogP contribution in [0.3, 0.4) is 0 Å². The van der Waals surface area contributed by atoms with E-state index in [0.717, 1.165) is 4.88 Å². The van der Waals surface area contributed by atoms with E-state index < -0.39 is 0 Å². The fourth-order valence-corrected chi connectivity index (χ4v) is 1.90. The molecule has 0 N–H and O–H groups in total. The molecule has 4 nitrogen and oxygen atoms in total. The Morgan fingerprint density at radius 1 is 1.57 bits per heavy atom. The summed E-state index contributed by atoms with van der Waals surface area (Å²) in [5, 5.41) is 0. The third-order valence-electron chi connectivity index (χ3n) is 1.67. The molecule has 14 heavy (non-hydrogen) atoms. The van der Waals surface area contributed by atoms with Crippen molar-refractivity contribution in [1.29, 1.82) is 0 Å². The highest BCUT2D eigenvalue weighted by molar-refractivity contribution is 7.17. The fraction of sp³-hybridized carbons (Fsp3) is 0.111. The van der Waals surface area contributed by atoms with Gasteiger partial charge in [-0.15, -0.1) is 11.3 Å². The molecule has 0 aliphatic rings. The van der Waals surface area contributed by atoms with Gasteiger partial charge in [0.1, 0.15) is 4.88 Å². The van der Waals surface area contributed by atoms with Crippen molar-refractivity contribution in [2.24, 2.45) is 0 Å². The molecule has 5 heteroatoms. The monoisotopic (exact) mass is 209 g/mol. The summed E-state index contributed by atoms with van der Waals surface area (Å²) in [6.07, 6.45) is 2.96. The Kier molecular flexibility index (Phi) is 2.32. The Morgan fingerprint density at radius 2 is 2.43 bits per heavy atom. The summed E-state index contributed by atoms with van der Waals surface area (Å²) in [5.74, 6) is 0.325. The average molecular weight is 209 g/mol. The number of aromatic nitrogens is 1. The third kappa shape index (κ3) is 1.54. The number of rotatable bonds is 2. The van der Waals surface area contributed by atoms with Crippen LogP contribution in [0.5, 0.6) is 0 Å². The van der Waals surface area contributed by atoms with Crippen molar-refractivity contribution in [2.75, 3.05) is 7.11 Å². The van der Waals surface area contributed by atoms with Crippen molar-refractivity contribution >= 4 is 17.3 Å². The molecule has 0 amide bonds. The molecule has 0 bridgehead atoms. The largest absolute Gasteiger partial charge is 0.465 e. The summed E-state index contributed by atoms with van der Waals surface area (Å²) >= 11 is 1.31. The summed E-state index contributed by atoms with van der Waals surface area (Å²) in [6.45, 7) is 0. The number of hydrogen-bond acceptors (Lipinski definition) is 5. The van der Waals surface area contributed by atoms with Crippen molar-refractivity contribution in [3.05, 3.63) is 29.6 Å². The summed E-state index contributed by atoms with van der Waals surface area (Å²) in [6, 6.07) is 3.51. The van der Waals surface area contributed by atoms with E-state index in [2.05, 4.69) is 9.72 Å². The molecule has 2 heterocycles. The lowest BCUT2D eigenvalue weighted by Gasteiger charge is -1.91. The van der Waals surface area contributed by atoms with E-state index >= 15 is 0 Å². The van der Waals surface area contributed by atoms with Crippen LogP contribution < -0.4 is 0 Å². The molecule has 0 saturated carbocycles. The van der Waals surface area contributed by atoms with Crippen LogP contribution >= 0.6 is 11.3 Å². The van der Waals surface area contributed by atoms with E-state index in [1.54, 1.807) is 18.3 Å². The molecule has 2 rings (SSSR count). The maximum atomic E-state index is 11.1. The molecule has 0 saturated heterocycles. The second-order valence-corrected chi connectivity index (χ2v) is 3.60. The number of oxazole rings is 1. The molecule has 2 aromatic heterocycles. The minimum atomic E-state index is -0.333. The molecule has 0 aliphatic carbocycles. The normalized spacial score (nSPS) is 10.1. The highest BCUT2D eigenvalue weighted by atomic mass is 32.1. The second kappa shape index (κ2) is 3.63. The van der Waals surface area contributed by atoms with Crippen LogP contribution in [0.25, 0.3) is 10.6 Å². The van der Waals surface area contributed by atoms with Gasteiger partial charge in [0, 0.05) is 0 Å². The number of nitrogens with zero attached hydrogens (tertiary/aromatic N) is 1. The van der Waals surface area contributed by atoms with Crippen LogP contribution in [0.1, 0.15) is 9.67 Å². The lowest BCUT2D eigenvalue weighted by molar-refractivity contribution is 0.0606. The quantitative estimate of drug-likeness (QED) is 0.711. The minimum Gasteiger partial charge on any atom is -0.465 e.